The van der Waals surface area contributed by atoms with Crippen molar-refractivity contribution in [1.82, 2.24) is 19.2 Å². The van der Waals surface area contributed by atoms with Gasteiger partial charge in [-0.3, -0.25) is 4.79 Å². The molecule has 28 heavy (non-hydrogen) atoms. The van der Waals surface area contributed by atoms with Crippen molar-refractivity contribution in [3.05, 3.63) is 24.0 Å². The number of nitrogens with one attached hydrogen (secondary N) is 1. The standard InChI is InChI=1S/C19H28N4O4S/c1-4-23-17-6-5-15(28(25,26)22-9-11-27-12-10-22)13-16(17)21-18(23)7-8-19(24)20-14(2)3/h5-6,13-14H,4,7-12H2,1-3H3,(H,20,24). The molecule has 0 aliphatic carbocycles. The van der Waals surface area contributed by atoms with E-state index in [1.807, 2.05) is 25.3 Å². The molecular formula is C19H28N4O4S. The topological polar surface area (TPSA) is 93.5 Å². The Bertz CT molecular complexity index is 946. The monoisotopic (exact) mass is 408 g/mol. The predicted octanol–water partition coefficient (Wildman–Crippen LogP) is 1.53. The molecule has 0 radical (unpaired) electrons. The second-order valence-electron chi connectivity index (χ2n) is 7.16. The molecule has 8 nitrogen and oxygen atoms in total. The number of benzene rings is 1. The van der Waals surface area contributed by atoms with Crippen LogP contribution in [0.4, 0.5) is 0 Å². The highest BCUT2D eigenvalue weighted by Crippen LogP contribution is 2.24. The Hall–Kier alpha value is -1.97. The lowest BCUT2D eigenvalue weighted by atomic mass is 10.2. The van der Waals surface area contributed by atoms with E-state index >= 15 is 0 Å². The summed E-state index contributed by atoms with van der Waals surface area (Å²) in [4.78, 5) is 16.8. The van der Waals surface area contributed by atoms with Gasteiger partial charge in [-0.2, -0.15) is 4.31 Å². The number of ether oxygens (including phenoxy) is 1. The molecule has 1 aromatic heterocycles. The summed E-state index contributed by atoms with van der Waals surface area (Å²) in [6.45, 7) is 8.11. The number of nitrogens with zero attached hydrogens (tertiary/aromatic N) is 3. The van der Waals surface area contributed by atoms with Crippen molar-refractivity contribution in [3.8, 4) is 0 Å². The van der Waals surface area contributed by atoms with E-state index in [1.165, 1.54) is 4.31 Å². The van der Waals surface area contributed by atoms with E-state index in [0.717, 1.165) is 11.3 Å². The van der Waals surface area contributed by atoms with Gasteiger partial charge in [-0.05, 0) is 39.0 Å². The normalized spacial score (nSPS) is 16.0. The van der Waals surface area contributed by atoms with Crippen molar-refractivity contribution in [2.75, 3.05) is 26.3 Å². The van der Waals surface area contributed by atoms with Crippen molar-refractivity contribution >= 4 is 27.0 Å². The maximum Gasteiger partial charge on any atom is 0.243 e. The molecule has 1 aliphatic heterocycles. The van der Waals surface area contributed by atoms with Crippen LogP contribution in [0.2, 0.25) is 0 Å². The van der Waals surface area contributed by atoms with Gasteiger partial charge in [-0.1, -0.05) is 0 Å². The van der Waals surface area contributed by atoms with Crippen molar-refractivity contribution in [3.63, 3.8) is 0 Å². The lowest BCUT2D eigenvalue weighted by molar-refractivity contribution is -0.121. The molecule has 0 unspecified atom stereocenters. The molecule has 9 heteroatoms. The molecule has 0 bridgehead atoms. The average Bonchev–Trinajstić information content (AvgIpc) is 3.03. The lowest BCUT2D eigenvalue weighted by Gasteiger charge is -2.26. The van der Waals surface area contributed by atoms with Gasteiger partial charge in [0.15, 0.2) is 0 Å². The molecule has 1 amide bonds. The Morgan fingerprint density at radius 2 is 2.00 bits per heavy atom. The van der Waals surface area contributed by atoms with Crippen LogP contribution in [0.1, 0.15) is 33.0 Å². The number of morpholine rings is 1. The van der Waals surface area contributed by atoms with E-state index in [0.29, 0.717) is 51.2 Å². The molecule has 1 aliphatic rings. The Kier molecular flexibility index (Phi) is 6.36. The maximum absolute atomic E-state index is 12.9. The summed E-state index contributed by atoms with van der Waals surface area (Å²) in [7, 11) is -3.56. The van der Waals surface area contributed by atoms with Gasteiger partial charge in [0.1, 0.15) is 5.82 Å². The fourth-order valence-electron chi connectivity index (χ4n) is 3.42. The van der Waals surface area contributed by atoms with Crippen LogP contribution < -0.4 is 5.32 Å². The Morgan fingerprint density at radius 1 is 1.29 bits per heavy atom. The molecular weight excluding hydrogens is 380 g/mol. The fourth-order valence-corrected chi connectivity index (χ4v) is 4.85. The first-order valence-corrected chi connectivity index (χ1v) is 11.1. The second-order valence-corrected chi connectivity index (χ2v) is 9.10. The Balaban J connectivity index is 1.87. The number of carbonyl (C=O) groups excluding carboxylic acids is 1. The second kappa shape index (κ2) is 8.59. The first-order valence-electron chi connectivity index (χ1n) is 9.69. The van der Waals surface area contributed by atoms with Crippen LogP contribution in [-0.2, 0) is 32.5 Å². The van der Waals surface area contributed by atoms with E-state index in [4.69, 9.17) is 4.74 Å². The highest BCUT2D eigenvalue weighted by atomic mass is 32.2. The third-order valence-electron chi connectivity index (χ3n) is 4.75. The van der Waals surface area contributed by atoms with Crippen molar-refractivity contribution in [2.24, 2.45) is 0 Å². The van der Waals surface area contributed by atoms with Gasteiger partial charge in [0.05, 0.1) is 29.1 Å². The van der Waals surface area contributed by atoms with E-state index in [9.17, 15) is 13.2 Å². The van der Waals surface area contributed by atoms with Crippen molar-refractivity contribution in [2.45, 2.75) is 51.1 Å². The number of hydrogen-bond donors (Lipinski definition) is 1. The fraction of sp³-hybridized carbons (Fsp3) is 0.579. The molecule has 2 heterocycles. The molecule has 0 spiro atoms. The number of sulfonamides is 1. The number of imidazole rings is 1. The number of rotatable bonds is 7. The van der Waals surface area contributed by atoms with Gasteiger partial charge in [0.25, 0.3) is 0 Å². The summed E-state index contributed by atoms with van der Waals surface area (Å²) in [6.07, 6.45) is 0.854. The molecule has 1 N–H and O–H groups in total. The summed E-state index contributed by atoms with van der Waals surface area (Å²) >= 11 is 0. The summed E-state index contributed by atoms with van der Waals surface area (Å²) in [6, 6.07) is 5.17. The van der Waals surface area contributed by atoms with Gasteiger partial charge >= 0.3 is 0 Å². The van der Waals surface area contributed by atoms with Crippen LogP contribution in [0.3, 0.4) is 0 Å². The summed E-state index contributed by atoms with van der Waals surface area (Å²) in [5, 5.41) is 2.88. The summed E-state index contributed by atoms with van der Waals surface area (Å²) in [5.41, 5.74) is 1.51. The van der Waals surface area contributed by atoms with E-state index in [2.05, 4.69) is 10.3 Å². The third-order valence-corrected chi connectivity index (χ3v) is 6.64. The largest absolute Gasteiger partial charge is 0.379 e. The number of hydrogen-bond acceptors (Lipinski definition) is 5. The van der Waals surface area contributed by atoms with E-state index in [1.54, 1.807) is 18.2 Å². The minimum absolute atomic E-state index is 0.0136. The van der Waals surface area contributed by atoms with E-state index < -0.39 is 10.0 Å². The molecule has 154 valence electrons. The van der Waals surface area contributed by atoms with Crippen LogP contribution in [0, 0.1) is 0 Å². The number of carbonyl (C=O) groups is 1. The highest BCUT2D eigenvalue weighted by molar-refractivity contribution is 7.89. The number of aromatic nitrogens is 2. The van der Waals surface area contributed by atoms with Gasteiger partial charge < -0.3 is 14.6 Å². The predicted molar refractivity (Wildman–Crippen MR) is 107 cm³/mol. The third kappa shape index (κ3) is 4.37. The molecule has 0 saturated carbocycles. The van der Waals surface area contributed by atoms with Crippen LogP contribution >= 0.6 is 0 Å². The molecule has 1 saturated heterocycles. The average molecular weight is 409 g/mol. The molecule has 1 fully saturated rings. The zero-order valence-corrected chi connectivity index (χ0v) is 17.5. The molecule has 2 aromatic rings. The van der Waals surface area contributed by atoms with Gasteiger partial charge in [0.2, 0.25) is 15.9 Å². The zero-order valence-electron chi connectivity index (χ0n) is 16.6. The summed E-state index contributed by atoms with van der Waals surface area (Å²) in [5.74, 6) is 0.776. The van der Waals surface area contributed by atoms with Gasteiger partial charge in [0, 0.05) is 38.5 Å². The van der Waals surface area contributed by atoms with Crippen molar-refractivity contribution < 1.29 is 17.9 Å². The highest BCUT2D eigenvalue weighted by Gasteiger charge is 2.27. The molecule has 1 aromatic carbocycles. The first-order chi connectivity index (χ1) is 13.3. The van der Waals surface area contributed by atoms with Gasteiger partial charge in [-0.25, -0.2) is 13.4 Å². The minimum atomic E-state index is -3.56. The smallest absolute Gasteiger partial charge is 0.243 e. The van der Waals surface area contributed by atoms with E-state index in [-0.39, 0.29) is 16.8 Å². The Labute approximate surface area is 165 Å². The first kappa shape index (κ1) is 20.8. The van der Waals surface area contributed by atoms with Crippen LogP contribution in [0.25, 0.3) is 11.0 Å². The molecule has 3 rings (SSSR count). The number of fused-ring (bicyclic) bond motifs is 1. The quantitative estimate of drug-likeness (QED) is 0.750. The minimum Gasteiger partial charge on any atom is -0.379 e. The summed E-state index contributed by atoms with van der Waals surface area (Å²) < 4.78 is 34.5. The SMILES string of the molecule is CCn1c(CCC(=O)NC(C)C)nc2cc(S(=O)(=O)N3CCOCC3)ccc21. The van der Waals surface area contributed by atoms with Crippen molar-refractivity contribution in [1.29, 1.82) is 0 Å². The lowest BCUT2D eigenvalue weighted by Crippen LogP contribution is -2.40. The van der Waals surface area contributed by atoms with Gasteiger partial charge in [-0.15, -0.1) is 0 Å². The number of aryl methyl sites for hydroxylation is 2. The maximum atomic E-state index is 12.9. The zero-order chi connectivity index (χ0) is 20.3. The number of amides is 1. The Morgan fingerprint density at radius 3 is 2.64 bits per heavy atom. The molecule has 0 atom stereocenters. The van der Waals surface area contributed by atoms with Crippen LogP contribution in [0.15, 0.2) is 23.1 Å². The van der Waals surface area contributed by atoms with Crippen LogP contribution in [0.5, 0.6) is 0 Å². The van der Waals surface area contributed by atoms with Crippen LogP contribution in [-0.4, -0.2) is 60.5 Å².